The second-order valence-corrected chi connectivity index (χ2v) is 8.12. The van der Waals surface area contributed by atoms with E-state index in [1.165, 1.54) is 0 Å². The van der Waals surface area contributed by atoms with Crippen LogP contribution in [-0.2, 0) is 20.7 Å². The third-order valence-corrected chi connectivity index (χ3v) is 5.39. The first-order valence-electron chi connectivity index (χ1n) is 10.2. The van der Waals surface area contributed by atoms with Gasteiger partial charge in [-0.25, -0.2) is 4.79 Å². The molecule has 1 atom stereocenters. The highest BCUT2D eigenvalue weighted by molar-refractivity contribution is 6.22. The summed E-state index contributed by atoms with van der Waals surface area (Å²) in [6, 6.07) is 14.3. The minimum absolute atomic E-state index is 0.0905. The van der Waals surface area contributed by atoms with Crippen LogP contribution in [0.1, 0.15) is 53.5 Å². The molecule has 0 spiro atoms. The van der Waals surface area contributed by atoms with E-state index in [2.05, 4.69) is 5.32 Å². The number of rotatable bonds is 8. The van der Waals surface area contributed by atoms with Crippen LogP contribution >= 0.6 is 0 Å². The molecule has 0 saturated carbocycles. The van der Waals surface area contributed by atoms with Crippen molar-refractivity contribution in [2.45, 2.75) is 45.2 Å². The molecule has 0 radical (unpaired) electrons. The summed E-state index contributed by atoms with van der Waals surface area (Å²) in [5.74, 6) is -2.34. The van der Waals surface area contributed by atoms with E-state index in [-0.39, 0.29) is 17.5 Å². The highest BCUT2D eigenvalue weighted by Crippen LogP contribution is 2.26. The van der Waals surface area contributed by atoms with Crippen LogP contribution in [0.4, 0.5) is 0 Å². The summed E-state index contributed by atoms with van der Waals surface area (Å²) >= 11 is 0. The molecule has 3 rings (SSSR count). The number of ether oxygens (including phenoxy) is 1. The van der Waals surface area contributed by atoms with Gasteiger partial charge in [0.1, 0.15) is 6.04 Å². The number of hydrogen-bond acceptors (Lipinski definition) is 5. The van der Waals surface area contributed by atoms with E-state index in [0.29, 0.717) is 6.42 Å². The number of fused-ring (bicyclic) bond motifs is 1. The topological polar surface area (TPSA) is 92.8 Å². The van der Waals surface area contributed by atoms with Crippen LogP contribution in [-0.4, -0.2) is 46.8 Å². The highest BCUT2D eigenvalue weighted by Gasteiger charge is 2.43. The average molecular weight is 422 g/mol. The summed E-state index contributed by atoms with van der Waals surface area (Å²) in [5.41, 5.74) is 0.828. The van der Waals surface area contributed by atoms with E-state index in [1.807, 2.05) is 26.8 Å². The van der Waals surface area contributed by atoms with Crippen molar-refractivity contribution in [3.8, 4) is 0 Å². The number of nitrogens with zero attached hydrogens (tertiary/aromatic N) is 1. The number of esters is 1. The van der Waals surface area contributed by atoms with Gasteiger partial charge < -0.3 is 10.1 Å². The molecule has 0 aromatic heterocycles. The van der Waals surface area contributed by atoms with Crippen LogP contribution in [0.5, 0.6) is 0 Å². The molecule has 2 aromatic rings. The summed E-state index contributed by atoms with van der Waals surface area (Å²) in [4.78, 5) is 52.0. The summed E-state index contributed by atoms with van der Waals surface area (Å²) in [6.45, 7) is 5.18. The molecule has 3 amide bonds. The summed E-state index contributed by atoms with van der Waals surface area (Å²) < 4.78 is 5.24. The third kappa shape index (κ3) is 4.99. The Morgan fingerprint density at radius 2 is 1.52 bits per heavy atom. The fourth-order valence-corrected chi connectivity index (χ4v) is 3.34. The van der Waals surface area contributed by atoms with Crippen LogP contribution in [0, 0.1) is 0 Å². The van der Waals surface area contributed by atoms with E-state index < -0.39 is 41.9 Å². The van der Waals surface area contributed by atoms with Crippen LogP contribution in [0.2, 0.25) is 0 Å². The maximum absolute atomic E-state index is 13.0. The van der Waals surface area contributed by atoms with Gasteiger partial charge in [0.2, 0.25) is 0 Å². The molecular formula is C24H26N2O5. The maximum Gasteiger partial charge on any atom is 0.330 e. The van der Waals surface area contributed by atoms with Gasteiger partial charge in [-0.05, 0) is 38.0 Å². The lowest BCUT2D eigenvalue weighted by Crippen LogP contribution is -2.49. The van der Waals surface area contributed by atoms with Crippen LogP contribution in [0.25, 0.3) is 0 Å². The average Bonchev–Trinajstić information content (AvgIpc) is 3.01. The zero-order chi connectivity index (χ0) is 22.6. The van der Waals surface area contributed by atoms with Gasteiger partial charge in [0.05, 0.1) is 11.1 Å². The lowest BCUT2D eigenvalue weighted by molar-refractivity contribution is -0.152. The predicted octanol–water partition coefficient (Wildman–Crippen LogP) is 2.74. The molecule has 7 nitrogen and oxygen atoms in total. The molecule has 0 aliphatic carbocycles. The lowest BCUT2D eigenvalue weighted by Gasteiger charge is -2.26. The van der Waals surface area contributed by atoms with E-state index in [9.17, 15) is 19.2 Å². The molecule has 0 bridgehead atoms. The first-order chi connectivity index (χ1) is 14.7. The molecule has 7 heteroatoms. The van der Waals surface area contributed by atoms with Crippen LogP contribution in [0.15, 0.2) is 54.6 Å². The largest absolute Gasteiger partial charge is 0.454 e. The molecule has 0 saturated heterocycles. The van der Waals surface area contributed by atoms with Crippen molar-refractivity contribution >= 4 is 23.7 Å². The van der Waals surface area contributed by atoms with E-state index in [1.54, 1.807) is 48.5 Å². The Morgan fingerprint density at radius 3 is 2.06 bits per heavy atom. The van der Waals surface area contributed by atoms with Crippen molar-refractivity contribution < 1.29 is 23.9 Å². The Morgan fingerprint density at radius 1 is 0.968 bits per heavy atom. The molecule has 1 aliphatic heterocycles. The van der Waals surface area contributed by atoms with E-state index in [0.717, 1.165) is 10.5 Å². The van der Waals surface area contributed by atoms with Crippen LogP contribution in [0.3, 0.4) is 0 Å². The fraction of sp³-hybridized carbons (Fsp3) is 0.333. The molecule has 1 aliphatic rings. The second kappa shape index (κ2) is 9.12. The Balaban J connectivity index is 1.81. The SMILES string of the molecule is CCC(C)(C)NC(=O)COC(=O)[C@H](Cc1ccccc1)N1C(=O)c2ccccc2C1=O. The molecule has 31 heavy (non-hydrogen) atoms. The highest BCUT2D eigenvalue weighted by atomic mass is 16.5. The molecule has 0 unspecified atom stereocenters. The number of hydrogen-bond donors (Lipinski definition) is 1. The fourth-order valence-electron chi connectivity index (χ4n) is 3.34. The van der Waals surface area contributed by atoms with Crippen molar-refractivity contribution in [1.29, 1.82) is 0 Å². The summed E-state index contributed by atoms with van der Waals surface area (Å²) in [6.07, 6.45) is 0.797. The Hall–Kier alpha value is -3.48. The number of benzene rings is 2. The third-order valence-electron chi connectivity index (χ3n) is 5.39. The summed E-state index contributed by atoms with van der Waals surface area (Å²) in [7, 11) is 0. The van der Waals surface area contributed by atoms with Crippen molar-refractivity contribution in [3.05, 3.63) is 71.3 Å². The normalized spacial score (nSPS) is 14.2. The van der Waals surface area contributed by atoms with Gasteiger partial charge in [-0.1, -0.05) is 49.4 Å². The minimum atomic E-state index is -1.18. The first kappa shape index (κ1) is 22.2. The Kier molecular flexibility index (Phi) is 6.53. The first-order valence-corrected chi connectivity index (χ1v) is 10.2. The molecule has 0 fully saturated rings. The number of imide groups is 1. The lowest BCUT2D eigenvalue weighted by atomic mass is 10.0. The van der Waals surface area contributed by atoms with Gasteiger partial charge in [-0.15, -0.1) is 0 Å². The Labute approximate surface area is 181 Å². The molecule has 1 heterocycles. The maximum atomic E-state index is 13.0. The van der Waals surface area contributed by atoms with E-state index in [4.69, 9.17) is 4.74 Å². The number of nitrogens with one attached hydrogen (secondary N) is 1. The summed E-state index contributed by atoms with van der Waals surface area (Å²) in [5, 5.41) is 2.79. The smallest absolute Gasteiger partial charge is 0.330 e. The number of amides is 3. The van der Waals surface area contributed by atoms with Gasteiger partial charge in [-0.3, -0.25) is 19.3 Å². The standard InChI is InChI=1S/C24H26N2O5/c1-4-24(2,3)25-20(27)15-31-23(30)19(14-16-10-6-5-7-11-16)26-21(28)17-12-8-9-13-18(17)22(26)29/h5-13,19H,4,14-15H2,1-3H3,(H,25,27)/t19-/m0/s1. The molecule has 162 valence electrons. The van der Waals surface area contributed by atoms with Gasteiger partial charge in [0.15, 0.2) is 6.61 Å². The van der Waals surface area contributed by atoms with Crippen LogP contribution < -0.4 is 5.32 Å². The minimum Gasteiger partial charge on any atom is -0.454 e. The van der Waals surface area contributed by atoms with E-state index >= 15 is 0 Å². The van der Waals surface area contributed by atoms with Crippen molar-refractivity contribution in [1.82, 2.24) is 10.2 Å². The Bertz CT molecular complexity index is 965. The number of carbonyl (C=O) groups is 4. The molecule has 2 aromatic carbocycles. The van der Waals surface area contributed by atoms with Gasteiger partial charge in [-0.2, -0.15) is 0 Å². The van der Waals surface area contributed by atoms with Gasteiger partial charge in [0, 0.05) is 12.0 Å². The van der Waals surface area contributed by atoms with Gasteiger partial charge in [0.25, 0.3) is 17.7 Å². The van der Waals surface area contributed by atoms with Crippen molar-refractivity contribution in [2.75, 3.05) is 6.61 Å². The molecule has 1 N–H and O–H groups in total. The zero-order valence-corrected chi connectivity index (χ0v) is 17.9. The quantitative estimate of drug-likeness (QED) is 0.522. The van der Waals surface area contributed by atoms with Crippen molar-refractivity contribution in [2.24, 2.45) is 0 Å². The predicted molar refractivity (Wildman–Crippen MR) is 114 cm³/mol. The number of carbonyl (C=O) groups excluding carboxylic acids is 4. The van der Waals surface area contributed by atoms with Gasteiger partial charge >= 0.3 is 5.97 Å². The molecular weight excluding hydrogens is 396 g/mol. The monoisotopic (exact) mass is 422 g/mol. The second-order valence-electron chi connectivity index (χ2n) is 8.12. The zero-order valence-electron chi connectivity index (χ0n) is 17.9. The van der Waals surface area contributed by atoms with Crippen molar-refractivity contribution in [3.63, 3.8) is 0 Å².